The third kappa shape index (κ3) is 4.88. The number of rotatable bonds is 5. The van der Waals surface area contributed by atoms with Gasteiger partial charge in [-0.05, 0) is 50.8 Å². The second kappa shape index (κ2) is 9.91. The molecule has 2 fully saturated rings. The number of aromatic nitrogens is 4. The quantitative estimate of drug-likeness (QED) is 0.552. The van der Waals surface area contributed by atoms with Gasteiger partial charge in [0.2, 0.25) is 0 Å². The summed E-state index contributed by atoms with van der Waals surface area (Å²) in [5.41, 5.74) is 2.12. The molecule has 3 aromatic rings. The fourth-order valence-corrected chi connectivity index (χ4v) is 5.37. The lowest BCUT2D eigenvalue weighted by Gasteiger charge is -2.43. The average molecular weight is 479 g/mol. The van der Waals surface area contributed by atoms with Crippen LogP contribution in [0.5, 0.6) is 0 Å². The Morgan fingerprint density at radius 1 is 1.11 bits per heavy atom. The van der Waals surface area contributed by atoms with Crippen molar-refractivity contribution in [3.63, 3.8) is 0 Å². The highest BCUT2D eigenvalue weighted by atomic mass is 16.5. The van der Waals surface area contributed by atoms with Gasteiger partial charge >= 0.3 is 0 Å². The largest absolute Gasteiger partial charge is 0.463 e. The van der Waals surface area contributed by atoms with Gasteiger partial charge in [0.15, 0.2) is 5.76 Å². The molecule has 5 rings (SSSR count). The number of likely N-dealkylation sites (tertiary alicyclic amines) is 1. The van der Waals surface area contributed by atoms with Crippen molar-refractivity contribution in [1.29, 1.82) is 0 Å². The molecule has 0 unspecified atom stereocenters. The zero-order valence-electron chi connectivity index (χ0n) is 20.9. The molecule has 0 N–H and O–H groups in total. The normalized spacial score (nSPS) is 22.1. The average Bonchev–Trinajstić information content (AvgIpc) is 3.54. The van der Waals surface area contributed by atoms with Gasteiger partial charge in [-0.25, -0.2) is 14.6 Å². The van der Waals surface area contributed by atoms with Crippen LogP contribution in [0.3, 0.4) is 0 Å². The maximum Gasteiger partial charge on any atom is 0.257 e. The van der Waals surface area contributed by atoms with E-state index in [1.807, 2.05) is 17.0 Å². The van der Waals surface area contributed by atoms with E-state index in [1.165, 1.54) is 0 Å². The van der Waals surface area contributed by atoms with E-state index in [2.05, 4.69) is 47.7 Å². The van der Waals surface area contributed by atoms with E-state index in [1.54, 1.807) is 29.4 Å². The maximum absolute atomic E-state index is 13.6. The number of piperidine rings is 1. The van der Waals surface area contributed by atoms with Crippen LogP contribution in [0.2, 0.25) is 0 Å². The molecule has 3 aromatic heterocycles. The van der Waals surface area contributed by atoms with Gasteiger partial charge in [-0.1, -0.05) is 13.8 Å². The number of nitrogens with zero attached hydrogens (tertiary/aromatic N) is 6. The fraction of sp³-hybridized carbons (Fsp3) is 0.538. The van der Waals surface area contributed by atoms with Gasteiger partial charge in [-0.15, -0.1) is 0 Å². The highest BCUT2D eigenvalue weighted by molar-refractivity contribution is 5.95. The standard InChI is InChI=1S/C26H34N6O3/c1-17(2)24-21(14-28-32(24)26-27-10-7-22(29-26)23-6-5-13-34-23)25(33)30-11-8-20(9-12-30)31-15-18(3)35-19(4)16-31/h5-7,10,13-14,17-20H,8-9,11-12,15-16H2,1-4H3/t18-,19+. The monoisotopic (exact) mass is 478 g/mol. The second-order valence-corrected chi connectivity index (χ2v) is 9.96. The van der Waals surface area contributed by atoms with Crippen molar-refractivity contribution in [3.05, 3.63) is 48.1 Å². The zero-order valence-corrected chi connectivity index (χ0v) is 20.9. The van der Waals surface area contributed by atoms with Crippen molar-refractivity contribution < 1.29 is 13.9 Å². The van der Waals surface area contributed by atoms with Crippen molar-refractivity contribution in [2.75, 3.05) is 26.2 Å². The Morgan fingerprint density at radius 2 is 1.86 bits per heavy atom. The molecule has 0 saturated carbocycles. The Hall–Kier alpha value is -3.04. The SMILES string of the molecule is CC(C)c1c(C(=O)N2CCC(N3C[C@@H](C)O[C@@H](C)C3)CC2)cnn1-c1nccc(-c2ccco2)n1. The Balaban J connectivity index is 1.33. The molecule has 0 aromatic carbocycles. The number of ether oxygens (including phenoxy) is 1. The van der Waals surface area contributed by atoms with Crippen LogP contribution >= 0.6 is 0 Å². The molecule has 2 atom stereocenters. The summed E-state index contributed by atoms with van der Waals surface area (Å²) in [4.78, 5) is 27.2. The number of furan rings is 1. The van der Waals surface area contributed by atoms with Gasteiger partial charge in [0.25, 0.3) is 11.9 Å². The minimum absolute atomic E-state index is 0.0318. The van der Waals surface area contributed by atoms with Crippen molar-refractivity contribution in [2.45, 2.75) is 64.7 Å². The number of carbonyl (C=O) groups is 1. The Labute approximate surface area is 206 Å². The summed E-state index contributed by atoms with van der Waals surface area (Å²) in [6.07, 6.45) is 7.43. The molecule has 2 aliphatic heterocycles. The van der Waals surface area contributed by atoms with Crippen LogP contribution in [0.1, 0.15) is 62.5 Å². The van der Waals surface area contributed by atoms with Crippen LogP contribution in [-0.2, 0) is 4.74 Å². The van der Waals surface area contributed by atoms with Crippen molar-refractivity contribution in [2.24, 2.45) is 0 Å². The van der Waals surface area contributed by atoms with E-state index in [-0.39, 0.29) is 24.0 Å². The molecular formula is C26H34N6O3. The van der Waals surface area contributed by atoms with Crippen molar-refractivity contribution in [3.8, 4) is 17.4 Å². The summed E-state index contributed by atoms with van der Waals surface area (Å²) >= 11 is 0. The Bertz CT molecular complexity index is 1140. The van der Waals surface area contributed by atoms with Crippen LogP contribution in [-0.4, -0.2) is 79.9 Å². The molecule has 2 saturated heterocycles. The van der Waals surface area contributed by atoms with E-state index in [9.17, 15) is 4.79 Å². The lowest BCUT2D eigenvalue weighted by molar-refractivity contribution is -0.0856. The zero-order chi connectivity index (χ0) is 24.5. The Morgan fingerprint density at radius 3 is 2.51 bits per heavy atom. The molecule has 186 valence electrons. The number of morpholine rings is 1. The summed E-state index contributed by atoms with van der Waals surface area (Å²) in [6, 6.07) is 5.98. The first-order chi connectivity index (χ1) is 16.9. The van der Waals surface area contributed by atoms with Gasteiger partial charge in [-0.3, -0.25) is 9.69 Å². The molecule has 0 spiro atoms. The van der Waals surface area contributed by atoms with E-state index in [0.29, 0.717) is 29.0 Å². The molecule has 9 heteroatoms. The second-order valence-electron chi connectivity index (χ2n) is 9.96. The lowest BCUT2D eigenvalue weighted by Crippen LogP contribution is -2.53. The van der Waals surface area contributed by atoms with Crippen LogP contribution in [0.15, 0.2) is 41.3 Å². The number of hydrogen-bond donors (Lipinski definition) is 0. The minimum Gasteiger partial charge on any atom is -0.463 e. The molecule has 0 radical (unpaired) electrons. The maximum atomic E-state index is 13.6. The molecular weight excluding hydrogens is 444 g/mol. The third-order valence-corrected chi connectivity index (χ3v) is 6.91. The first-order valence-corrected chi connectivity index (χ1v) is 12.5. The summed E-state index contributed by atoms with van der Waals surface area (Å²) in [7, 11) is 0. The molecule has 1 amide bonds. The van der Waals surface area contributed by atoms with Gasteiger partial charge < -0.3 is 14.1 Å². The van der Waals surface area contributed by atoms with Gasteiger partial charge in [0.05, 0.1) is 35.9 Å². The van der Waals surface area contributed by atoms with Gasteiger partial charge in [0.1, 0.15) is 5.69 Å². The molecule has 5 heterocycles. The summed E-state index contributed by atoms with van der Waals surface area (Å²) in [5, 5.41) is 4.54. The molecule has 2 aliphatic rings. The van der Waals surface area contributed by atoms with E-state index >= 15 is 0 Å². The third-order valence-electron chi connectivity index (χ3n) is 6.91. The predicted octanol–water partition coefficient (Wildman–Crippen LogP) is 3.76. The predicted molar refractivity (Wildman–Crippen MR) is 131 cm³/mol. The van der Waals surface area contributed by atoms with E-state index in [4.69, 9.17) is 9.15 Å². The number of hydrogen-bond acceptors (Lipinski definition) is 7. The van der Waals surface area contributed by atoms with E-state index < -0.39 is 0 Å². The van der Waals surface area contributed by atoms with Crippen molar-refractivity contribution in [1.82, 2.24) is 29.5 Å². The van der Waals surface area contributed by atoms with Gasteiger partial charge in [0, 0.05) is 38.4 Å². The number of carbonyl (C=O) groups excluding carboxylic acids is 1. The van der Waals surface area contributed by atoms with Crippen LogP contribution < -0.4 is 0 Å². The highest BCUT2D eigenvalue weighted by Gasteiger charge is 2.33. The van der Waals surface area contributed by atoms with Crippen LogP contribution in [0, 0.1) is 0 Å². The summed E-state index contributed by atoms with van der Waals surface area (Å²) < 4.78 is 13.1. The first kappa shape index (κ1) is 23.7. The Kier molecular flexibility index (Phi) is 6.71. The summed E-state index contributed by atoms with van der Waals surface area (Å²) in [5.74, 6) is 1.19. The first-order valence-electron chi connectivity index (χ1n) is 12.5. The number of amides is 1. The van der Waals surface area contributed by atoms with Crippen LogP contribution in [0.4, 0.5) is 0 Å². The molecule has 0 aliphatic carbocycles. The summed E-state index contributed by atoms with van der Waals surface area (Å²) in [6.45, 7) is 11.8. The topological polar surface area (TPSA) is 89.5 Å². The molecule has 35 heavy (non-hydrogen) atoms. The smallest absolute Gasteiger partial charge is 0.257 e. The van der Waals surface area contributed by atoms with Crippen LogP contribution in [0.25, 0.3) is 17.4 Å². The minimum atomic E-state index is 0.0318. The van der Waals surface area contributed by atoms with E-state index in [0.717, 1.165) is 44.7 Å². The highest BCUT2D eigenvalue weighted by Crippen LogP contribution is 2.27. The van der Waals surface area contributed by atoms with Gasteiger partial charge in [-0.2, -0.15) is 5.10 Å². The van der Waals surface area contributed by atoms with Crippen molar-refractivity contribution >= 4 is 5.91 Å². The fourth-order valence-electron chi connectivity index (χ4n) is 5.37. The lowest BCUT2D eigenvalue weighted by atomic mass is 9.99. The molecule has 9 nitrogen and oxygen atoms in total. The molecule has 0 bridgehead atoms.